The standard InChI is InChI=1S/C22H24F2N4O3/c23-15-6-7-18(19(24)12-15)22(31)25-13-20(29)26-17-8-10-28(11-9-17)14-21(30)27-16-4-2-1-3-5-16/h1-7,12,17H,8-11,13-14H2,(H,25,31)(H,26,29)(H,27,30). The van der Waals surface area contributed by atoms with E-state index < -0.39 is 23.4 Å². The number of amides is 3. The summed E-state index contributed by atoms with van der Waals surface area (Å²) in [4.78, 5) is 38.2. The minimum Gasteiger partial charge on any atom is -0.352 e. The lowest BCUT2D eigenvalue weighted by Crippen LogP contribution is -2.48. The number of piperidine rings is 1. The number of para-hydroxylation sites is 1. The number of rotatable bonds is 7. The van der Waals surface area contributed by atoms with Crippen molar-refractivity contribution in [3.63, 3.8) is 0 Å². The second-order valence-corrected chi connectivity index (χ2v) is 7.34. The molecule has 31 heavy (non-hydrogen) atoms. The maximum absolute atomic E-state index is 13.6. The highest BCUT2D eigenvalue weighted by Crippen LogP contribution is 2.12. The fourth-order valence-corrected chi connectivity index (χ4v) is 3.37. The van der Waals surface area contributed by atoms with Crippen LogP contribution in [0, 0.1) is 11.6 Å². The summed E-state index contributed by atoms with van der Waals surface area (Å²) in [5.41, 5.74) is 0.425. The number of nitrogens with one attached hydrogen (secondary N) is 3. The largest absolute Gasteiger partial charge is 0.352 e. The van der Waals surface area contributed by atoms with Gasteiger partial charge in [0.2, 0.25) is 11.8 Å². The second kappa shape index (κ2) is 10.6. The Morgan fingerprint density at radius 2 is 1.68 bits per heavy atom. The predicted molar refractivity (Wildman–Crippen MR) is 111 cm³/mol. The number of hydrogen-bond donors (Lipinski definition) is 3. The Hall–Kier alpha value is -3.33. The average molecular weight is 430 g/mol. The van der Waals surface area contributed by atoms with Gasteiger partial charge >= 0.3 is 0 Å². The summed E-state index contributed by atoms with van der Waals surface area (Å²) in [6.07, 6.45) is 1.34. The lowest BCUT2D eigenvalue weighted by Gasteiger charge is -2.31. The number of carbonyl (C=O) groups excluding carboxylic acids is 3. The third kappa shape index (κ3) is 6.85. The Labute approximate surface area is 178 Å². The second-order valence-electron chi connectivity index (χ2n) is 7.34. The normalized spacial score (nSPS) is 14.6. The highest BCUT2D eigenvalue weighted by atomic mass is 19.1. The van der Waals surface area contributed by atoms with Gasteiger partial charge in [-0.3, -0.25) is 19.3 Å². The van der Waals surface area contributed by atoms with Crippen LogP contribution in [0.5, 0.6) is 0 Å². The fourth-order valence-electron chi connectivity index (χ4n) is 3.37. The number of likely N-dealkylation sites (tertiary alicyclic amines) is 1. The number of hydrogen-bond acceptors (Lipinski definition) is 4. The van der Waals surface area contributed by atoms with Crippen molar-refractivity contribution in [3.05, 3.63) is 65.7 Å². The van der Waals surface area contributed by atoms with Gasteiger partial charge in [0.15, 0.2) is 0 Å². The Balaban J connectivity index is 1.36. The van der Waals surface area contributed by atoms with Gasteiger partial charge in [-0.05, 0) is 37.1 Å². The summed E-state index contributed by atoms with van der Waals surface area (Å²) in [5.74, 6) is -3.04. The Kier molecular flexibility index (Phi) is 7.66. The lowest BCUT2D eigenvalue weighted by atomic mass is 10.0. The molecule has 0 aromatic heterocycles. The van der Waals surface area contributed by atoms with Crippen molar-refractivity contribution in [1.82, 2.24) is 15.5 Å². The number of benzene rings is 2. The molecule has 2 aromatic carbocycles. The molecule has 1 saturated heterocycles. The van der Waals surface area contributed by atoms with Crippen LogP contribution in [0.1, 0.15) is 23.2 Å². The fraction of sp³-hybridized carbons (Fsp3) is 0.318. The molecular weight excluding hydrogens is 406 g/mol. The van der Waals surface area contributed by atoms with Crippen molar-refractivity contribution in [2.75, 3.05) is 31.5 Å². The molecule has 3 N–H and O–H groups in total. The van der Waals surface area contributed by atoms with Crippen LogP contribution >= 0.6 is 0 Å². The van der Waals surface area contributed by atoms with E-state index in [1.165, 1.54) is 0 Å². The van der Waals surface area contributed by atoms with Crippen LogP contribution in [0.2, 0.25) is 0 Å². The zero-order chi connectivity index (χ0) is 22.2. The number of anilines is 1. The first-order chi connectivity index (χ1) is 14.9. The van der Waals surface area contributed by atoms with Crippen molar-refractivity contribution in [2.45, 2.75) is 18.9 Å². The average Bonchev–Trinajstić information content (AvgIpc) is 2.74. The summed E-state index contributed by atoms with van der Waals surface area (Å²) < 4.78 is 26.5. The molecule has 1 aliphatic heterocycles. The Morgan fingerprint density at radius 3 is 2.35 bits per heavy atom. The van der Waals surface area contributed by atoms with E-state index in [1.807, 2.05) is 35.2 Å². The molecular formula is C22H24F2N4O3. The van der Waals surface area contributed by atoms with Crippen LogP contribution in [0.4, 0.5) is 14.5 Å². The smallest absolute Gasteiger partial charge is 0.254 e. The minimum absolute atomic E-state index is 0.0691. The van der Waals surface area contributed by atoms with E-state index in [9.17, 15) is 23.2 Å². The van der Waals surface area contributed by atoms with Gasteiger partial charge in [0.25, 0.3) is 5.91 Å². The molecule has 0 unspecified atom stereocenters. The van der Waals surface area contributed by atoms with Crippen LogP contribution in [0.15, 0.2) is 48.5 Å². The minimum atomic E-state index is -0.985. The summed E-state index contributed by atoms with van der Waals surface area (Å²) in [5, 5.41) is 8.00. The molecule has 7 nitrogen and oxygen atoms in total. The molecule has 9 heteroatoms. The summed E-state index contributed by atoms with van der Waals surface area (Å²) in [7, 11) is 0. The molecule has 1 heterocycles. The van der Waals surface area contributed by atoms with Crippen LogP contribution in [0.25, 0.3) is 0 Å². The maximum Gasteiger partial charge on any atom is 0.254 e. The van der Waals surface area contributed by atoms with Gasteiger partial charge in [0, 0.05) is 30.9 Å². The van der Waals surface area contributed by atoms with E-state index in [0.29, 0.717) is 32.0 Å². The van der Waals surface area contributed by atoms with Gasteiger partial charge in [-0.2, -0.15) is 0 Å². The maximum atomic E-state index is 13.6. The highest BCUT2D eigenvalue weighted by Gasteiger charge is 2.22. The lowest BCUT2D eigenvalue weighted by molar-refractivity contribution is -0.121. The predicted octanol–water partition coefficient (Wildman–Crippen LogP) is 1.91. The van der Waals surface area contributed by atoms with Crippen LogP contribution in [-0.2, 0) is 9.59 Å². The molecule has 0 atom stereocenters. The number of nitrogens with zero attached hydrogens (tertiary/aromatic N) is 1. The third-order valence-corrected chi connectivity index (χ3v) is 4.96. The van der Waals surface area contributed by atoms with E-state index in [2.05, 4.69) is 16.0 Å². The van der Waals surface area contributed by atoms with Gasteiger partial charge in [-0.25, -0.2) is 8.78 Å². The van der Waals surface area contributed by atoms with E-state index in [0.717, 1.165) is 17.8 Å². The van der Waals surface area contributed by atoms with Crippen molar-refractivity contribution >= 4 is 23.4 Å². The van der Waals surface area contributed by atoms with Gasteiger partial charge in [0.1, 0.15) is 11.6 Å². The topological polar surface area (TPSA) is 90.5 Å². The van der Waals surface area contributed by atoms with Crippen LogP contribution < -0.4 is 16.0 Å². The van der Waals surface area contributed by atoms with E-state index in [1.54, 1.807) is 0 Å². The van der Waals surface area contributed by atoms with Gasteiger partial charge in [-0.15, -0.1) is 0 Å². The molecule has 164 valence electrons. The first kappa shape index (κ1) is 22.4. The Bertz CT molecular complexity index is 932. The molecule has 0 bridgehead atoms. The first-order valence-corrected chi connectivity index (χ1v) is 10.0. The van der Waals surface area contributed by atoms with Gasteiger partial charge in [0.05, 0.1) is 18.7 Å². The molecule has 2 aromatic rings. The van der Waals surface area contributed by atoms with Crippen molar-refractivity contribution in [1.29, 1.82) is 0 Å². The van der Waals surface area contributed by atoms with Gasteiger partial charge < -0.3 is 16.0 Å². The van der Waals surface area contributed by atoms with Crippen LogP contribution in [-0.4, -0.2) is 54.8 Å². The molecule has 0 spiro atoms. The third-order valence-electron chi connectivity index (χ3n) is 4.96. The van der Waals surface area contributed by atoms with Crippen molar-refractivity contribution < 1.29 is 23.2 Å². The van der Waals surface area contributed by atoms with Crippen molar-refractivity contribution in [3.8, 4) is 0 Å². The molecule has 3 amide bonds. The molecule has 0 saturated carbocycles. The highest BCUT2D eigenvalue weighted by molar-refractivity contribution is 5.96. The molecule has 3 rings (SSSR count). The molecule has 0 aliphatic carbocycles. The van der Waals surface area contributed by atoms with Crippen molar-refractivity contribution in [2.24, 2.45) is 0 Å². The van der Waals surface area contributed by atoms with E-state index in [-0.39, 0.29) is 30.6 Å². The van der Waals surface area contributed by atoms with Gasteiger partial charge in [-0.1, -0.05) is 18.2 Å². The molecule has 0 radical (unpaired) electrons. The monoisotopic (exact) mass is 430 g/mol. The van der Waals surface area contributed by atoms with Crippen LogP contribution in [0.3, 0.4) is 0 Å². The molecule has 1 fully saturated rings. The SMILES string of the molecule is O=C(CN1CCC(NC(=O)CNC(=O)c2ccc(F)cc2F)CC1)Nc1ccccc1. The first-order valence-electron chi connectivity index (χ1n) is 10.0. The Morgan fingerprint density at radius 1 is 0.968 bits per heavy atom. The number of carbonyl (C=O) groups is 3. The summed E-state index contributed by atoms with van der Waals surface area (Å²) in [6, 6.07) is 11.8. The number of halogens is 2. The van der Waals surface area contributed by atoms with E-state index in [4.69, 9.17) is 0 Å². The molecule has 1 aliphatic rings. The quantitative estimate of drug-likeness (QED) is 0.626. The summed E-state index contributed by atoms with van der Waals surface area (Å²) in [6.45, 7) is 1.27. The zero-order valence-corrected chi connectivity index (χ0v) is 16.9. The zero-order valence-electron chi connectivity index (χ0n) is 16.9. The summed E-state index contributed by atoms with van der Waals surface area (Å²) >= 11 is 0. The van der Waals surface area contributed by atoms with E-state index >= 15 is 0 Å².